The molecule has 11 heteroatoms. The first-order chi connectivity index (χ1) is 17.0. The average Bonchev–Trinajstić information content (AvgIpc) is 3.32. The van der Waals surface area contributed by atoms with Crippen molar-refractivity contribution < 1.29 is 14.4 Å². The third-order valence-corrected chi connectivity index (χ3v) is 7.22. The molecule has 0 aliphatic carbocycles. The molecule has 0 atom stereocenters. The molecule has 1 fully saturated rings. The van der Waals surface area contributed by atoms with Crippen molar-refractivity contribution in [1.82, 2.24) is 25.0 Å². The molecule has 10 nitrogen and oxygen atoms in total. The van der Waals surface area contributed by atoms with Gasteiger partial charge in [0.15, 0.2) is 0 Å². The zero-order valence-electron chi connectivity index (χ0n) is 19.2. The summed E-state index contributed by atoms with van der Waals surface area (Å²) in [6.45, 7) is 6.21. The van der Waals surface area contributed by atoms with Crippen LogP contribution >= 0.6 is 0 Å². The van der Waals surface area contributed by atoms with E-state index in [4.69, 9.17) is 4.52 Å². The van der Waals surface area contributed by atoms with Crippen molar-refractivity contribution in [2.45, 2.75) is 18.4 Å². The van der Waals surface area contributed by atoms with Gasteiger partial charge in [0.25, 0.3) is 10.0 Å². The van der Waals surface area contributed by atoms with Gasteiger partial charge in [0, 0.05) is 58.5 Å². The van der Waals surface area contributed by atoms with Crippen LogP contribution < -0.4 is 9.62 Å². The highest BCUT2D eigenvalue weighted by atomic mass is 32.2. The molecule has 1 N–H and O–H groups in total. The summed E-state index contributed by atoms with van der Waals surface area (Å²) < 4.78 is 32.7. The van der Waals surface area contributed by atoms with E-state index in [0.29, 0.717) is 11.7 Å². The van der Waals surface area contributed by atoms with E-state index >= 15 is 0 Å². The van der Waals surface area contributed by atoms with Crippen LogP contribution in [0, 0.1) is 6.92 Å². The fourth-order valence-electron chi connectivity index (χ4n) is 3.98. The summed E-state index contributed by atoms with van der Waals surface area (Å²) in [6.07, 6.45) is 2.78. The summed E-state index contributed by atoms with van der Waals surface area (Å²) in [7, 11) is -3.70. The number of anilines is 2. The van der Waals surface area contributed by atoms with Crippen LogP contribution in [0.4, 0.5) is 11.5 Å². The van der Waals surface area contributed by atoms with Gasteiger partial charge < -0.3 is 9.42 Å². The maximum absolute atomic E-state index is 12.6. The lowest BCUT2D eigenvalue weighted by molar-refractivity contribution is 0.250. The number of piperazine rings is 1. The number of sulfonamides is 1. The molecular formula is C24H27N7O3S. The Morgan fingerprint density at radius 3 is 2.37 bits per heavy atom. The van der Waals surface area contributed by atoms with Gasteiger partial charge in [0.05, 0.1) is 4.90 Å². The second-order valence-electron chi connectivity index (χ2n) is 8.29. The quantitative estimate of drug-likeness (QED) is 0.414. The molecule has 3 heterocycles. The zero-order chi connectivity index (χ0) is 24.3. The molecular weight excluding hydrogens is 466 g/mol. The Morgan fingerprint density at radius 1 is 1.00 bits per heavy atom. The number of aromatic nitrogens is 4. The minimum Gasteiger partial charge on any atom is -0.369 e. The first kappa shape index (κ1) is 22.9. The zero-order valence-corrected chi connectivity index (χ0v) is 20.0. The number of nitrogens with one attached hydrogen (secondary N) is 1. The highest BCUT2D eigenvalue weighted by Crippen LogP contribution is 2.22. The largest absolute Gasteiger partial charge is 0.369 e. The van der Waals surface area contributed by atoms with Gasteiger partial charge >= 0.3 is 0 Å². The van der Waals surface area contributed by atoms with Gasteiger partial charge in [-0.05, 0) is 35.9 Å². The Hall–Kier alpha value is -3.83. The Bertz CT molecular complexity index is 1370. The molecule has 1 aliphatic heterocycles. The normalized spacial score (nSPS) is 14.7. The van der Waals surface area contributed by atoms with E-state index in [-0.39, 0.29) is 12.1 Å². The molecule has 0 unspecified atom stereocenters. The monoisotopic (exact) mass is 493 g/mol. The summed E-state index contributed by atoms with van der Waals surface area (Å²) in [5.41, 5.74) is 3.17. The van der Waals surface area contributed by atoms with Gasteiger partial charge in [0.1, 0.15) is 12.1 Å². The number of benzene rings is 2. The minimum atomic E-state index is -3.70. The van der Waals surface area contributed by atoms with Crippen molar-refractivity contribution >= 4 is 21.5 Å². The predicted molar refractivity (Wildman–Crippen MR) is 133 cm³/mol. The molecule has 0 saturated carbocycles. The molecule has 5 rings (SSSR count). The van der Waals surface area contributed by atoms with Crippen LogP contribution in [0.25, 0.3) is 11.4 Å². The smallest absolute Gasteiger partial charge is 0.263 e. The second kappa shape index (κ2) is 9.80. The van der Waals surface area contributed by atoms with Crippen LogP contribution in [0.3, 0.4) is 0 Å². The molecule has 2 aromatic carbocycles. The van der Waals surface area contributed by atoms with Crippen molar-refractivity contribution in [3.05, 3.63) is 78.6 Å². The van der Waals surface area contributed by atoms with E-state index in [1.54, 1.807) is 19.1 Å². The lowest BCUT2D eigenvalue weighted by Gasteiger charge is -2.36. The summed E-state index contributed by atoms with van der Waals surface area (Å²) in [5, 5.41) is 3.96. The first-order valence-corrected chi connectivity index (χ1v) is 12.7. The van der Waals surface area contributed by atoms with Crippen LogP contribution in [-0.4, -0.2) is 59.6 Å². The number of rotatable bonds is 7. The van der Waals surface area contributed by atoms with Crippen molar-refractivity contribution in [3.8, 4) is 11.4 Å². The highest BCUT2D eigenvalue weighted by Gasteiger charge is 2.19. The fraction of sp³-hybridized carbons (Fsp3) is 0.250. The van der Waals surface area contributed by atoms with Gasteiger partial charge in [0.2, 0.25) is 11.7 Å². The van der Waals surface area contributed by atoms with Crippen LogP contribution in [-0.2, 0) is 16.6 Å². The van der Waals surface area contributed by atoms with Crippen molar-refractivity contribution in [2.24, 2.45) is 0 Å². The van der Waals surface area contributed by atoms with E-state index < -0.39 is 10.0 Å². The lowest BCUT2D eigenvalue weighted by atomic mass is 10.1. The molecule has 4 aromatic rings. The Morgan fingerprint density at radius 2 is 1.74 bits per heavy atom. The molecule has 0 spiro atoms. The van der Waals surface area contributed by atoms with Crippen molar-refractivity contribution in [2.75, 3.05) is 35.8 Å². The molecule has 1 saturated heterocycles. The lowest BCUT2D eigenvalue weighted by Crippen LogP contribution is -2.45. The SMILES string of the molecule is Cc1nc(-c2ccc(CN3CCN(c4ccc(S(=O)(=O)Nc5ccncn5)cc4)CC3)cc2)no1.[HH]. The summed E-state index contributed by atoms with van der Waals surface area (Å²) in [6, 6.07) is 16.7. The number of hydrogen-bond donors (Lipinski definition) is 1. The summed E-state index contributed by atoms with van der Waals surface area (Å²) in [4.78, 5) is 16.8. The van der Waals surface area contributed by atoms with Crippen LogP contribution in [0.15, 0.2) is 76.5 Å². The number of hydrogen-bond acceptors (Lipinski definition) is 9. The molecule has 182 valence electrons. The predicted octanol–water partition coefficient (Wildman–Crippen LogP) is 3.20. The van der Waals surface area contributed by atoms with Gasteiger partial charge in [-0.1, -0.05) is 29.4 Å². The second-order valence-corrected chi connectivity index (χ2v) is 9.97. The standard InChI is InChI=1S/C24H25N7O3S.H2/c1-18-27-24(28-34-18)20-4-2-19(3-5-20)16-30-12-14-31(15-13-30)21-6-8-22(9-7-21)35(32,33)29-23-10-11-25-17-26-23;/h2-11,17H,12-16H2,1H3,(H,25,26,29);1H. The average molecular weight is 494 g/mol. The summed E-state index contributed by atoms with van der Waals surface area (Å²) in [5.74, 6) is 1.39. The van der Waals surface area contributed by atoms with E-state index in [9.17, 15) is 8.42 Å². The fourth-order valence-corrected chi connectivity index (χ4v) is 4.99. The van der Waals surface area contributed by atoms with Crippen LogP contribution in [0.2, 0.25) is 0 Å². The van der Waals surface area contributed by atoms with E-state index in [1.165, 1.54) is 24.2 Å². The Labute approximate surface area is 205 Å². The number of nitrogens with zero attached hydrogens (tertiary/aromatic N) is 6. The molecule has 1 aliphatic rings. The number of aryl methyl sites for hydroxylation is 1. The van der Waals surface area contributed by atoms with E-state index in [1.807, 2.05) is 24.3 Å². The van der Waals surface area contributed by atoms with Gasteiger partial charge in [-0.15, -0.1) is 0 Å². The third kappa shape index (κ3) is 5.47. The summed E-state index contributed by atoms with van der Waals surface area (Å²) >= 11 is 0. The molecule has 0 bridgehead atoms. The van der Waals surface area contributed by atoms with Gasteiger partial charge in [-0.3, -0.25) is 9.62 Å². The topological polar surface area (TPSA) is 117 Å². The van der Waals surface area contributed by atoms with E-state index in [0.717, 1.165) is 44.0 Å². The minimum absolute atomic E-state index is 0. The molecule has 0 radical (unpaired) electrons. The molecule has 35 heavy (non-hydrogen) atoms. The van der Waals surface area contributed by atoms with Crippen molar-refractivity contribution in [3.63, 3.8) is 0 Å². The van der Waals surface area contributed by atoms with Gasteiger partial charge in [-0.2, -0.15) is 4.98 Å². The maximum Gasteiger partial charge on any atom is 0.263 e. The van der Waals surface area contributed by atoms with Crippen LogP contribution in [0.5, 0.6) is 0 Å². The van der Waals surface area contributed by atoms with Crippen molar-refractivity contribution in [1.29, 1.82) is 0 Å². The molecule has 0 amide bonds. The first-order valence-electron chi connectivity index (χ1n) is 11.2. The van der Waals surface area contributed by atoms with Gasteiger partial charge in [-0.25, -0.2) is 18.4 Å². The van der Waals surface area contributed by atoms with E-state index in [2.05, 4.69) is 46.8 Å². The third-order valence-electron chi connectivity index (χ3n) is 5.85. The molecule has 2 aromatic heterocycles. The Kier molecular flexibility index (Phi) is 6.43. The highest BCUT2D eigenvalue weighted by molar-refractivity contribution is 7.92. The maximum atomic E-state index is 12.6. The Balaban J connectivity index is 0.00000304. The van der Waals surface area contributed by atoms with Crippen LogP contribution in [0.1, 0.15) is 12.9 Å².